The largest absolute Gasteiger partial charge is 0.378 e. The standard InChI is InChI=1S/C16H18F2N2/c1-11(12-4-7-14(8-5-12)20(2)3)19-13-6-9-15(17)16(18)10-13/h4-11,19H,1-3H3. The Hall–Kier alpha value is -2.10. The van der Waals surface area contributed by atoms with Gasteiger partial charge in [-0.05, 0) is 36.8 Å². The molecular weight excluding hydrogens is 258 g/mol. The van der Waals surface area contributed by atoms with Crippen molar-refractivity contribution in [3.8, 4) is 0 Å². The topological polar surface area (TPSA) is 15.3 Å². The van der Waals surface area contributed by atoms with Gasteiger partial charge in [0, 0.05) is 37.6 Å². The molecule has 0 saturated carbocycles. The number of benzene rings is 2. The average molecular weight is 276 g/mol. The zero-order valence-corrected chi connectivity index (χ0v) is 11.8. The summed E-state index contributed by atoms with van der Waals surface area (Å²) < 4.78 is 26.0. The molecule has 1 unspecified atom stereocenters. The fourth-order valence-corrected chi connectivity index (χ4v) is 1.98. The van der Waals surface area contributed by atoms with Crippen LogP contribution in [-0.2, 0) is 0 Å². The summed E-state index contributed by atoms with van der Waals surface area (Å²) in [7, 11) is 3.97. The Bertz CT molecular complexity index is 580. The Balaban J connectivity index is 2.10. The van der Waals surface area contributed by atoms with Crippen LogP contribution in [0.2, 0.25) is 0 Å². The molecule has 1 N–H and O–H groups in total. The third-order valence-electron chi connectivity index (χ3n) is 3.21. The maximum absolute atomic E-state index is 13.2. The van der Waals surface area contributed by atoms with Crippen LogP contribution in [0.5, 0.6) is 0 Å². The molecule has 0 aliphatic heterocycles. The third-order valence-corrected chi connectivity index (χ3v) is 3.21. The van der Waals surface area contributed by atoms with Crippen molar-refractivity contribution in [2.24, 2.45) is 0 Å². The van der Waals surface area contributed by atoms with Crippen molar-refractivity contribution in [2.45, 2.75) is 13.0 Å². The van der Waals surface area contributed by atoms with Crippen LogP contribution in [0.3, 0.4) is 0 Å². The lowest BCUT2D eigenvalue weighted by Crippen LogP contribution is -2.10. The van der Waals surface area contributed by atoms with E-state index in [1.54, 1.807) is 0 Å². The van der Waals surface area contributed by atoms with Crippen LogP contribution >= 0.6 is 0 Å². The minimum atomic E-state index is -0.842. The zero-order chi connectivity index (χ0) is 14.7. The van der Waals surface area contributed by atoms with E-state index >= 15 is 0 Å². The number of halogens is 2. The van der Waals surface area contributed by atoms with Gasteiger partial charge in [-0.1, -0.05) is 12.1 Å². The molecule has 1 atom stereocenters. The lowest BCUT2D eigenvalue weighted by molar-refractivity contribution is 0.509. The van der Waals surface area contributed by atoms with E-state index in [4.69, 9.17) is 0 Å². The molecule has 0 heterocycles. The summed E-state index contributed by atoms with van der Waals surface area (Å²) in [5.41, 5.74) is 2.77. The zero-order valence-electron chi connectivity index (χ0n) is 11.8. The molecule has 4 heteroatoms. The summed E-state index contributed by atoms with van der Waals surface area (Å²) in [6.45, 7) is 1.98. The first-order valence-corrected chi connectivity index (χ1v) is 6.46. The Labute approximate surface area is 118 Å². The van der Waals surface area contributed by atoms with Crippen molar-refractivity contribution >= 4 is 11.4 Å². The minimum Gasteiger partial charge on any atom is -0.378 e. The molecule has 0 bridgehead atoms. The first-order valence-electron chi connectivity index (χ1n) is 6.46. The van der Waals surface area contributed by atoms with E-state index in [1.165, 1.54) is 12.1 Å². The van der Waals surface area contributed by atoms with Crippen LogP contribution in [0.4, 0.5) is 20.2 Å². The van der Waals surface area contributed by atoms with Crippen molar-refractivity contribution in [3.05, 3.63) is 59.7 Å². The van der Waals surface area contributed by atoms with Crippen molar-refractivity contribution in [2.75, 3.05) is 24.3 Å². The second-order valence-corrected chi connectivity index (χ2v) is 4.98. The predicted molar refractivity (Wildman–Crippen MR) is 79.2 cm³/mol. The lowest BCUT2D eigenvalue weighted by Gasteiger charge is -2.18. The maximum Gasteiger partial charge on any atom is 0.160 e. The van der Waals surface area contributed by atoms with Crippen LogP contribution < -0.4 is 10.2 Å². The number of anilines is 2. The molecule has 20 heavy (non-hydrogen) atoms. The van der Waals surface area contributed by atoms with Gasteiger partial charge in [-0.3, -0.25) is 0 Å². The van der Waals surface area contributed by atoms with E-state index in [2.05, 4.69) is 5.32 Å². The van der Waals surface area contributed by atoms with Crippen molar-refractivity contribution in [1.29, 1.82) is 0 Å². The second kappa shape index (κ2) is 5.90. The van der Waals surface area contributed by atoms with Gasteiger partial charge in [0.2, 0.25) is 0 Å². The highest BCUT2D eigenvalue weighted by Gasteiger charge is 2.08. The normalized spacial score (nSPS) is 12.1. The molecule has 0 aromatic heterocycles. The van der Waals surface area contributed by atoms with Crippen molar-refractivity contribution < 1.29 is 8.78 Å². The van der Waals surface area contributed by atoms with E-state index in [0.29, 0.717) is 5.69 Å². The number of hydrogen-bond acceptors (Lipinski definition) is 2. The van der Waals surface area contributed by atoms with Gasteiger partial charge in [-0.15, -0.1) is 0 Å². The minimum absolute atomic E-state index is 0.0103. The molecule has 0 aliphatic rings. The Morgan fingerprint density at radius 2 is 1.60 bits per heavy atom. The molecule has 0 aliphatic carbocycles. The monoisotopic (exact) mass is 276 g/mol. The first kappa shape index (κ1) is 14.3. The predicted octanol–water partition coefficient (Wildman–Crippen LogP) is 4.20. The van der Waals surface area contributed by atoms with Gasteiger partial charge in [-0.2, -0.15) is 0 Å². The molecule has 2 aromatic carbocycles. The van der Waals surface area contributed by atoms with Gasteiger partial charge in [0.15, 0.2) is 11.6 Å². The number of rotatable bonds is 4. The summed E-state index contributed by atoms with van der Waals surface area (Å²) in [6.07, 6.45) is 0. The van der Waals surface area contributed by atoms with Crippen LogP contribution in [0.1, 0.15) is 18.5 Å². The molecule has 106 valence electrons. The molecule has 2 nitrogen and oxygen atoms in total. The molecule has 0 spiro atoms. The van der Waals surface area contributed by atoms with E-state index in [-0.39, 0.29) is 6.04 Å². The fourth-order valence-electron chi connectivity index (χ4n) is 1.98. The highest BCUT2D eigenvalue weighted by Crippen LogP contribution is 2.22. The van der Waals surface area contributed by atoms with Gasteiger partial charge in [0.05, 0.1) is 0 Å². The van der Waals surface area contributed by atoms with Gasteiger partial charge < -0.3 is 10.2 Å². The lowest BCUT2D eigenvalue weighted by atomic mass is 10.1. The fraction of sp³-hybridized carbons (Fsp3) is 0.250. The van der Waals surface area contributed by atoms with Gasteiger partial charge >= 0.3 is 0 Å². The highest BCUT2D eigenvalue weighted by atomic mass is 19.2. The summed E-state index contributed by atoms with van der Waals surface area (Å²) >= 11 is 0. The van der Waals surface area contributed by atoms with Crippen molar-refractivity contribution in [3.63, 3.8) is 0 Å². The van der Waals surface area contributed by atoms with Crippen LogP contribution in [-0.4, -0.2) is 14.1 Å². The second-order valence-electron chi connectivity index (χ2n) is 4.98. The van der Waals surface area contributed by atoms with E-state index in [9.17, 15) is 8.78 Å². The maximum atomic E-state index is 13.2. The van der Waals surface area contributed by atoms with Crippen molar-refractivity contribution in [1.82, 2.24) is 0 Å². The molecular formula is C16H18F2N2. The third kappa shape index (κ3) is 3.26. The first-order chi connectivity index (χ1) is 9.47. The molecule has 0 saturated heterocycles. The summed E-state index contributed by atoms with van der Waals surface area (Å²) in [6, 6.07) is 11.9. The van der Waals surface area contributed by atoms with Crippen LogP contribution in [0.25, 0.3) is 0 Å². The number of nitrogens with one attached hydrogen (secondary N) is 1. The SMILES string of the molecule is CC(Nc1ccc(F)c(F)c1)c1ccc(N(C)C)cc1. The highest BCUT2D eigenvalue weighted by molar-refractivity contribution is 5.49. The number of nitrogens with zero attached hydrogens (tertiary/aromatic N) is 1. The van der Waals surface area contributed by atoms with Gasteiger partial charge in [0.1, 0.15) is 0 Å². The van der Waals surface area contributed by atoms with E-state index in [0.717, 1.165) is 17.3 Å². The molecule has 0 fully saturated rings. The Morgan fingerprint density at radius 3 is 2.15 bits per heavy atom. The van der Waals surface area contributed by atoms with Crippen LogP contribution in [0, 0.1) is 11.6 Å². The Morgan fingerprint density at radius 1 is 0.950 bits per heavy atom. The molecule has 0 radical (unpaired) electrons. The quantitative estimate of drug-likeness (QED) is 0.900. The van der Waals surface area contributed by atoms with E-state index < -0.39 is 11.6 Å². The van der Waals surface area contributed by atoms with Gasteiger partial charge in [-0.25, -0.2) is 8.78 Å². The van der Waals surface area contributed by atoms with Gasteiger partial charge in [0.25, 0.3) is 0 Å². The number of hydrogen-bond donors (Lipinski definition) is 1. The summed E-state index contributed by atoms with van der Waals surface area (Å²) in [5, 5.41) is 3.15. The molecule has 0 amide bonds. The molecule has 2 aromatic rings. The summed E-state index contributed by atoms with van der Waals surface area (Å²) in [4.78, 5) is 2.03. The average Bonchev–Trinajstić information content (AvgIpc) is 2.43. The molecule has 2 rings (SSSR count). The van der Waals surface area contributed by atoms with Crippen LogP contribution in [0.15, 0.2) is 42.5 Å². The van der Waals surface area contributed by atoms with E-state index in [1.807, 2.05) is 50.2 Å². The Kier molecular flexibility index (Phi) is 4.23. The smallest absolute Gasteiger partial charge is 0.160 e. The summed E-state index contributed by atoms with van der Waals surface area (Å²) in [5.74, 6) is -1.68.